The lowest BCUT2D eigenvalue weighted by Gasteiger charge is -2.06. The van der Waals surface area contributed by atoms with Crippen molar-refractivity contribution >= 4 is 49.3 Å². The van der Waals surface area contributed by atoms with Gasteiger partial charge in [0.05, 0.1) is 0 Å². The van der Waals surface area contributed by atoms with E-state index in [0.717, 1.165) is 20.4 Å². The summed E-state index contributed by atoms with van der Waals surface area (Å²) >= 11 is 8.74. The molecule has 88 valence electrons. The molecule has 2 rings (SSSR count). The lowest BCUT2D eigenvalue weighted by atomic mass is 10.2. The van der Waals surface area contributed by atoms with Crippen LogP contribution in [0.15, 0.2) is 56.3 Å². The normalized spacial score (nSPS) is 10.5. The summed E-state index contributed by atoms with van der Waals surface area (Å²) in [5.74, 6) is 0.917. The largest absolute Gasteiger partial charge is 0.398 e. The molecule has 2 N–H and O–H groups in total. The van der Waals surface area contributed by atoms with Crippen LogP contribution in [0.2, 0.25) is 0 Å². The molecule has 0 saturated carbocycles. The summed E-state index contributed by atoms with van der Waals surface area (Å²) in [6.45, 7) is 0. The van der Waals surface area contributed by atoms with Gasteiger partial charge in [-0.15, -0.1) is 11.8 Å². The van der Waals surface area contributed by atoms with Crippen LogP contribution < -0.4 is 5.73 Å². The van der Waals surface area contributed by atoms with Crippen LogP contribution in [0.1, 0.15) is 5.56 Å². The molecule has 0 heterocycles. The van der Waals surface area contributed by atoms with E-state index in [1.165, 1.54) is 10.5 Å². The van der Waals surface area contributed by atoms with Crippen LogP contribution in [-0.4, -0.2) is 0 Å². The zero-order valence-corrected chi connectivity index (χ0v) is 13.0. The Balaban J connectivity index is 2.08. The first-order valence-corrected chi connectivity index (χ1v) is 7.65. The van der Waals surface area contributed by atoms with E-state index >= 15 is 0 Å². The van der Waals surface area contributed by atoms with Crippen LogP contribution in [-0.2, 0) is 5.75 Å². The molecule has 4 heteroatoms. The van der Waals surface area contributed by atoms with E-state index in [1.54, 1.807) is 11.8 Å². The van der Waals surface area contributed by atoms with E-state index in [0.29, 0.717) is 0 Å². The maximum atomic E-state index is 5.85. The quantitative estimate of drug-likeness (QED) is 0.600. The van der Waals surface area contributed by atoms with E-state index in [9.17, 15) is 0 Å². The third kappa shape index (κ3) is 3.50. The van der Waals surface area contributed by atoms with E-state index in [1.807, 2.05) is 24.3 Å². The molecule has 0 amide bonds. The summed E-state index contributed by atoms with van der Waals surface area (Å²) in [6.07, 6.45) is 0. The molecule has 0 aliphatic carbocycles. The lowest BCUT2D eigenvalue weighted by Crippen LogP contribution is -1.89. The van der Waals surface area contributed by atoms with Gasteiger partial charge in [-0.2, -0.15) is 0 Å². The molecule has 0 aromatic heterocycles. The van der Waals surface area contributed by atoms with Crippen LogP contribution in [0, 0.1) is 0 Å². The number of halogens is 2. The Morgan fingerprint density at radius 2 is 1.76 bits per heavy atom. The molecule has 2 aromatic carbocycles. The van der Waals surface area contributed by atoms with Gasteiger partial charge in [0, 0.05) is 25.3 Å². The molecule has 2 aromatic rings. The molecule has 0 aliphatic heterocycles. The Hall–Kier alpha value is -0.450. The smallest absolute Gasteiger partial charge is 0.0461 e. The molecule has 0 bridgehead atoms. The number of rotatable bonds is 3. The molecule has 17 heavy (non-hydrogen) atoms. The summed E-state index contributed by atoms with van der Waals surface area (Å²) in [5, 5.41) is 0. The molecular formula is C13H11Br2NS. The monoisotopic (exact) mass is 371 g/mol. The predicted octanol–water partition coefficient (Wildman–Crippen LogP) is 5.09. The molecule has 0 aliphatic rings. The first kappa shape index (κ1) is 13.0. The third-order valence-electron chi connectivity index (χ3n) is 2.29. The van der Waals surface area contributed by atoms with E-state index in [4.69, 9.17) is 5.73 Å². The van der Waals surface area contributed by atoms with Crippen molar-refractivity contribution in [1.29, 1.82) is 0 Å². The number of nitrogens with two attached hydrogens (primary N) is 1. The lowest BCUT2D eigenvalue weighted by molar-refractivity contribution is 1.36. The number of benzene rings is 2. The Kier molecular flexibility index (Phi) is 4.54. The fourth-order valence-electron chi connectivity index (χ4n) is 1.41. The minimum Gasteiger partial charge on any atom is -0.398 e. The topological polar surface area (TPSA) is 26.0 Å². The molecular weight excluding hydrogens is 362 g/mol. The van der Waals surface area contributed by atoms with Crippen LogP contribution in [0.3, 0.4) is 0 Å². The average Bonchev–Trinajstić information content (AvgIpc) is 2.32. The number of nitrogen functional groups attached to an aromatic ring is 1. The maximum Gasteiger partial charge on any atom is 0.0461 e. The van der Waals surface area contributed by atoms with Crippen molar-refractivity contribution < 1.29 is 0 Å². The van der Waals surface area contributed by atoms with Gasteiger partial charge in [0.15, 0.2) is 0 Å². The van der Waals surface area contributed by atoms with Crippen molar-refractivity contribution in [3.8, 4) is 0 Å². The summed E-state index contributed by atoms with van der Waals surface area (Å²) in [4.78, 5) is 1.24. The SMILES string of the molecule is Nc1cc(CSc2ccccc2Br)ccc1Br. The van der Waals surface area contributed by atoms with Gasteiger partial charge in [-0.05, 0) is 61.7 Å². The van der Waals surface area contributed by atoms with Gasteiger partial charge >= 0.3 is 0 Å². The fourth-order valence-corrected chi connectivity index (χ4v) is 3.16. The Morgan fingerprint density at radius 1 is 1.00 bits per heavy atom. The van der Waals surface area contributed by atoms with Crippen LogP contribution >= 0.6 is 43.6 Å². The van der Waals surface area contributed by atoms with Gasteiger partial charge in [-0.25, -0.2) is 0 Å². The highest BCUT2D eigenvalue weighted by molar-refractivity contribution is 9.10. The molecule has 0 unspecified atom stereocenters. The van der Waals surface area contributed by atoms with Crippen LogP contribution in [0.5, 0.6) is 0 Å². The van der Waals surface area contributed by atoms with Crippen molar-refractivity contribution in [2.75, 3.05) is 5.73 Å². The first-order valence-electron chi connectivity index (χ1n) is 5.08. The second kappa shape index (κ2) is 5.94. The molecule has 1 nitrogen and oxygen atoms in total. The van der Waals surface area contributed by atoms with Crippen molar-refractivity contribution in [1.82, 2.24) is 0 Å². The van der Waals surface area contributed by atoms with Crippen molar-refractivity contribution in [2.24, 2.45) is 0 Å². The standard InChI is InChI=1S/C13H11Br2NS/c14-10-6-5-9(7-12(10)16)8-17-13-4-2-1-3-11(13)15/h1-7H,8,16H2. The van der Waals surface area contributed by atoms with Crippen molar-refractivity contribution in [3.63, 3.8) is 0 Å². The summed E-state index contributed by atoms with van der Waals surface area (Å²) in [6, 6.07) is 14.3. The number of anilines is 1. The van der Waals surface area contributed by atoms with Gasteiger partial charge < -0.3 is 5.73 Å². The maximum absolute atomic E-state index is 5.85. The number of hydrogen-bond donors (Lipinski definition) is 1. The second-order valence-corrected chi connectivity index (χ2v) is 6.30. The van der Waals surface area contributed by atoms with E-state index in [-0.39, 0.29) is 0 Å². The van der Waals surface area contributed by atoms with Crippen LogP contribution in [0.25, 0.3) is 0 Å². The fraction of sp³-hybridized carbons (Fsp3) is 0.0769. The van der Waals surface area contributed by atoms with E-state index < -0.39 is 0 Å². The highest BCUT2D eigenvalue weighted by Gasteiger charge is 2.02. The molecule has 0 saturated heterocycles. The van der Waals surface area contributed by atoms with Crippen molar-refractivity contribution in [3.05, 3.63) is 57.0 Å². The number of thioether (sulfide) groups is 1. The highest BCUT2D eigenvalue weighted by Crippen LogP contribution is 2.31. The summed E-state index contributed by atoms with van der Waals surface area (Å²) in [5.41, 5.74) is 7.87. The zero-order chi connectivity index (χ0) is 12.3. The van der Waals surface area contributed by atoms with E-state index in [2.05, 4.69) is 50.1 Å². The summed E-state index contributed by atoms with van der Waals surface area (Å²) in [7, 11) is 0. The van der Waals surface area contributed by atoms with Gasteiger partial charge in [-0.3, -0.25) is 0 Å². The summed E-state index contributed by atoms with van der Waals surface area (Å²) < 4.78 is 2.09. The average molecular weight is 373 g/mol. The van der Waals surface area contributed by atoms with Crippen molar-refractivity contribution in [2.45, 2.75) is 10.6 Å². The zero-order valence-electron chi connectivity index (χ0n) is 8.99. The Labute approximate surface area is 122 Å². The van der Waals surface area contributed by atoms with Gasteiger partial charge in [-0.1, -0.05) is 18.2 Å². The van der Waals surface area contributed by atoms with Gasteiger partial charge in [0.1, 0.15) is 0 Å². The first-order chi connectivity index (χ1) is 8.16. The second-order valence-electron chi connectivity index (χ2n) is 3.57. The third-order valence-corrected chi connectivity index (χ3v) is 5.11. The van der Waals surface area contributed by atoms with Crippen LogP contribution in [0.4, 0.5) is 5.69 Å². The minimum absolute atomic E-state index is 0.787. The number of hydrogen-bond acceptors (Lipinski definition) is 2. The van der Waals surface area contributed by atoms with Gasteiger partial charge in [0.25, 0.3) is 0 Å². The minimum atomic E-state index is 0.787. The Bertz CT molecular complexity index is 529. The molecule has 0 spiro atoms. The Morgan fingerprint density at radius 3 is 2.47 bits per heavy atom. The molecule has 0 radical (unpaired) electrons. The predicted molar refractivity (Wildman–Crippen MR) is 82.3 cm³/mol. The van der Waals surface area contributed by atoms with Gasteiger partial charge in [0.2, 0.25) is 0 Å². The molecule has 0 fully saturated rings. The highest BCUT2D eigenvalue weighted by atomic mass is 79.9. The molecule has 0 atom stereocenters.